The maximum atomic E-state index is 2.37. The predicted molar refractivity (Wildman–Crippen MR) is 329 cm³/mol. The minimum absolute atomic E-state index is 0.708. The number of rotatable bonds is 4. The molecular formula is C72H142. The van der Waals surface area contributed by atoms with Gasteiger partial charge in [-0.25, -0.2) is 0 Å². The summed E-state index contributed by atoms with van der Waals surface area (Å²) < 4.78 is 0. The van der Waals surface area contributed by atoms with E-state index in [1.165, 1.54) is 154 Å². The van der Waals surface area contributed by atoms with Gasteiger partial charge in [0.2, 0.25) is 0 Å². The van der Waals surface area contributed by atoms with Gasteiger partial charge < -0.3 is 0 Å². The van der Waals surface area contributed by atoms with Gasteiger partial charge in [0.25, 0.3) is 0 Å². The van der Waals surface area contributed by atoms with E-state index in [0.29, 0.717) is 10.8 Å². The van der Waals surface area contributed by atoms with Crippen molar-refractivity contribution in [3.8, 4) is 0 Å². The van der Waals surface area contributed by atoms with Crippen LogP contribution in [0.1, 0.15) is 340 Å². The monoisotopic (exact) mass is 1010 g/mol. The first-order valence-corrected chi connectivity index (χ1v) is 33.4. The van der Waals surface area contributed by atoms with Gasteiger partial charge in [-0.3, -0.25) is 0 Å². The fourth-order valence-electron chi connectivity index (χ4n) is 11.3. The third-order valence-electron chi connectivity index (χ3n) is 23.2. The second-order valence-corrected chi connectivity index (χ2v) is 32.0. The van der Waals surface area contributed by atoms with Gasteiger partial charge in [0.05, 0.1) is 0 Å². The van der Waals surface area contributed by atoms with Crippen LogP contribution in [0.4, 0.5) is 0 Å². The van der Waals surface area contributed by atoms with Crippen LogP contribution in [0.3, 0.4) is 0 Å². The quantitative estimate of drug-likeness (QED) is 0.263. The molecule has 13 aliphatic rings. The highest BCUT2D eigenvalue weighted by Crippen LogP contribution is 2.70. The van der Waals surface area contributed by atoms with Crippen LogP contribution in [-0.4, -0.2) is 0 Å². The lowest BCUT2D eigenvalue weighted by molar-refractivity contribution is 0.190. The molecule has 1 spiro atoms. The largest absolute Gasteiger partial charge is 0.0651 e. The molecule has 0 aromatic rings. The molecule has 0 saturated heterocycles. The van der Waals surface area contributed by atoms with Crippen LogP contribution in [-0.2, 0) is 0 Å². The summed E-state index contributed by atoms with van der Waals surface area (Å²) in [5.74, 6) is 16.8. The van der Waals surface area contributed by atoms with Crippen molar-refractivity contribution in [3.05, 3.63) is 0 Å². The molecule has 0 nitrogen and oxygen atoms in total. The molecule has 9 atom stereocenters. The first-order chi connectivity index (χ1) is 33.4. The average molecular weight is 1010 g/mol. The molecular weight excluding hydrogens is 865 g/mol. The van der Waals surface area contributed by atoms with Crippen LogP contribution in [0.2, 0.25) is 0 Å². The Kier molecular flexibility index (Phi) is 29.9. The molecule has 13 saturated carbocycles. The second kappa shape index (κ2) is 31.6. The lowest BCUT2D eigenvalue weighted by Crippen LogP contribution is -2.20. The van der Waals surface area contributed by atoms with Gasteiger partial charge in [-0.05, 0) is 205 Å². The zero-order valence-corrected chi connectivity index (χ0v) is 54.8. The van der Waals surface area contributed by atoms with E-state index in [-0.39, 0.29) is 0 Å². The molecule has 72 heavy (non-hydrogen) atoms. The van der Waals surface area contributed by atoms with E-state index in [2.05, 4.69) is 166 Å². The smallest absolute Gasteiger partial charge is 0.0268 e. The second-order valence-electron chi connectivity index (χ2n) is 32.0. The summed E-state index contributed by atoms with van der Waals surface area (Å²) in [4.78, 5) is 0. The topological polar surface area (TPSA) is 0 Å². The molecule has 5 unspecified atom stereocenters. The van der Waals surface area contributed by atoms with Crippen molar-refractivity contribution in [2.45, 2.75) is 340 Å². The Morgan fingerprint density at radius 1 is 0.347 bits per heavy atom. The molecule has 13 fully saturated rings. The van der Waals surface area contributed by atoms with Crippen LogP contribution in [0.15, 0.2) is 0 Å². The summed E-state index contributed by atoms with van der Waals surface area (Å²) in [7, 11) is 0. The Hall–Kier alpha value is 0. The van der Waals surface area contributed by atoms with Crippen LogP contribution < -0.4 is 0 Å². The molecule has 0 aliphatic heterocycles. The third kappa shape index (κ3) is 29.7. The maximum Gasteiger partial charge on any atom is -0.0268 e. The highest BCUT2D eigenvalue weighted by molar-refractivity contribution is 5.10. The van der Waals surface area contributed by atoms with Gasteiger partial charge in [-0.2, -0.15) is 0 Å². The fourth-order valence-corrected chi connectivity index (χ4v) is 11.3. The number of hydrogen-bond acceptors (Lipinski definition) is 0. The van der Waals surface area contributed by atoms with E-state index in [0.717, 1.165) is 111 Å². The molecule has 0 bridgehead atoms. The zero-order valence-electron chi connectivity index (χ0n) is 54.8. The van der Waals surface area contributed by atoms with Crippen LogP contribution >= 0.6 is 0 Å². The number of hydrogen-bond donors (Lipinski definition) is 0. The van der Waals surface area contributed by atoms with Crippen molar-refractivity contribution in [2.75, 3.05) is 0 Å². The zero-order chi connectivity index (χ0) is 54.8. The SMILES string of the molecule is CC1(C)CCC1.CC1C(C)C1C.CC1CC(C)C1.CC1CC1(C)C.CC1CCCC1.CC1CC[C@H]1C.CCC1(C)CC1.CCC1CC1C.CCC1CCC1.CCC1C[C@@H]1C.C[C@H]1CC1(C)C.C[C@H]1CC12CC2. The lowest BCUT2D eigenvalue weighted by atomic mass is 9.72. The Labute approximate surface area is 459 Å². The van der Waals surface area contributed by atoms with Crippen molar-refractivity contribution in [1.82, 2.24) is 0 Å². The van der Waals surface area contributed by atoms with Crippen molar-refractivity contribution < 1.29 is 0 Å². The van der Waals surface area contributed by atoms with E-state index in [4.69, 9.17) is 0 Å². The minimum atomic E-state index is 0.708. The van der Waals surface area contributed by atoms with Crippen LogP contribution in [0.25, 0.3) is 0 Å². The van der Waals surface area contributed by atoms with Gasteiger partial charge in [0.1, 0.15) is 0 Å². The van der Waals surface area contributed by atoms with Gasteiger partial charge in [-0.1, -0.05) is 256 Å². The molecule has 0 amide bonds. The molecule has 13 aliphatic carbocycles. The average Bonchev–Trinajstić information content (AvgIpc) is 3.96. The summed E-state index contributed by atoms with van der Waals surface area (Å²) in [6, 6.07) is 0. The standard InChI is InChI=1S/C6H10.11C6H12/c1-5-4-6(5)2-3-6;2*1-5-4-6(5,2)3;1-5-3-6(2)4-5;1-6(2)4-3-5-6;1-5-3-4-6(5)2;1-4-5(2)6(4)3;1-6-4-2-3-5-6;1-3-6(2)4-5-6;2*1-3-6-4-5(6)2;1-2-6-4-3-5-6/h5H,2-4H2,1H3;2*5H,4H2,1-3H3;5-6H,3-4H2,1-2H3;3-5H2,1-2H3;5-6H,3-4H2,1-2H3;4-6H,1-3H3;6H,2-5H2,1H3;3-5H2,1-2H3;2*5-6H,3-4H2,1-2H3;6H,2-5H2,1H3/t2*5-;;;;5-,6?;;;;5-,6?;;/m00...1...0../s1. The van der Waals surface area contributed by atoms with E-state index < -0.39 is 0 Å². The van der Waals surface area contributed by atoms with Crippen LogP contribution in [0, 0.1) is 122 Å². The van der Waals surface area contributed by atoms with E-state index >= 15 is 0 Å². The summed E-state index contributed by atoms with van der Waals surface area (Å²) >= 11 is 0. The minimum Gasteiger partial charge on any atom is -0.0651 e. The van der Waals surface area contributed by atoms with Gasteiger partial charge in [-0.15, -0.1) is 0 Å². The van der Waals surface area contributed by atoms with Gasteiger partial charge in [0.15, 0.2) is 0 Å². The van der Waals surface area contributed by atoms with Crippen LogP contribution in [0.5, 0.6) is 0 Å². The predicted octanol–water partition coefficient (Wildman–Crippen LogP) is 24.8. The molecule has 0 heterocycles. The van der Waals surface area contributed by atoms with Crippen molar-refractivity contribution >= 4 is 0 Å². The Balaban J connectivity index is 0.000000269. The van der Waals surface area contributed by atoms with Crippen molar-refractivity contribution in [2.24, 2.45) is 122 Å². The summed E-state index contributed by atoms with van der Waals surface area (Å²) in [5.41, 5.74) is 3.89. The van der Waals surface area contributed by atoms with Gasteiger partial charge >= 0.3 is 0 Å². The van der Waals surface area contributed by atoms with Crippen molar-refractivity contribution in [3.63, 3.8) is 0 Å². The van der Waals surface area contributed by atoms with E-state index in [1.807, 2.05) is 0 Å². The van der Waals surface area contributed by atoms with E-state index in [1.54, 1.807) is 19.3 Å². The molecule has 0 aromatic carbocycles. The molecule has 430 valence electrons. The van der Waals surface area contributed by atoms with E-state index in [9.17, 15) is 0 Å². The molecule has 0 aromatic heterocycles. The van der Waals surface area contributed by atoms with Crippen molar-refractivity contribution in [1.29, 1.82) is 0 Å². The molecule has 0 N–H and O–H groups in total. The molecule has 13 rings (SSSR count). The highest BCUT2D eigenvalue weighted by atomic mass is 14.6. The fraction of sp³-hybridized carbons (Fsp3) is 1.00. The Morgan fingerprint density at radius 2 is 0.681 bits per heavy atom. The van der Waals surface area contributed by atoms with Gasteiger partial charge in [0, 0.05) is 0 Å². The summed E-state index contributed by atoms with van der Waals surface area (Å²) in [6.45, 7) is 55.6. The Bertz CT molecular complexity index is 1230. The first kappa shape index (κ1) is 68.1. The lowest BCUT2D eigenvalue weighted by Gasteiger charge is -2.33. The summed E-state index contributed by atoms with van der Waals surface area (Å²) in [5, 5.41) is 0. The molecule has 0 heteroatoms. The first-order valence-electron chi connectivity index (χ1n) is 33.4. The maximum absolute atomic E-state index is 2.37. The third-order valence-corrected chi connectivity index (χ3v) is 23.2. The summed E-state index contributed by atoms with van der Waals surface area (Å²) in [6.07, 6.45) is 39.8. The normalized spacial score (nSPS) is 38.5. The molecule has 0 radical (unpaired) electrons. The highest BCUT2D eigenvalue weighted by Gasteiger charge is 2.59. The Morgan fingerprint density at radius 3 is 0.694 bits per heavy atom.